The third-order valence-corrected chi connectivity index (χ3v) is 21.9. The van der Waals surface area contributed by atoms with E-state index in [-0.39, 0.29) is 25.7 Å². The van der Waals surface area contributed by atoms with E-state index in [1.165, 1.54) is 250 Å². The highest BCUT2D eigenvalue weighted by molar-refractivity contribution is 7.47. The minimum atomic E-state index is -4.96. The molecular weight excluding hydrogens is 1340 g/mol. The largest absolute Gasteiger partial charge is 0.472 e. The Morgan fingerprint density at radius 3 is 0.738 bits per heavy atom. The van der Waals surface area contributed by atoms with Gasteiger partial charge in [-0.05, 0) is 43.4 Å². The lowest BCUT2D eigenvalue weighted by Gasteiger charge is -2.21. The molecule has 0 saturated carbocycles. The first-order valence-electron chi connectivity index (χ1n) is 43.4. The van der Waals surface area contributed by atoms with Crippen LogP contribution in [0.5, 0.6) is 0 Å². The second-order valence-electron chi connectivity index (χ2n) is 31.4. The van der Waals surface area contributed by atoms with Gasteiger partial charge >= 0.3 is 39.5 Å². The lowest BCUT2D eigenvalue weighted by atomic mass is 9.99. The van der Waals surface area contributed by atoms with Crippen molar-refractivity contribution in [1.82, 2.24) is 0 Å². The Hall–Kier alpha value is -1.94. The van der Waals surface area contributed by atoms with Gasteiger partial charge in [-0.1, -0.05) is 389 Å². The molecule has 0 radical (unpaired) electrons. The summed E-state index contributed by atoms with van der Waals surface area (Å²) in [7, 11) is -9.93. The first-order valence-corrected chi connectivity index (χ1v) is 46.4. The van der Waals surface area contributed by atoms with Crippen molar-refractivity contribution in [3.63, 3.8) is 0 Å². The molecule has 0 bridgehead atoms. The third-order valence-electron chi connectivity index (χ3n) is 20.0. The van der Waals surface area contributed by atoms with Gasteiger partial charge in [-0.15, -0.1) is 0 Å². The highest BCUT2D eigenvalue weighted by Gasteiger charge is 2.30. The van der Waals surface area contributed by atoms with E-state index in [1.807, 2.05) is 0 Å². The lowest BCUT2D eigenvalue weighted by molar-refractivity contribution is -0.161. The second kappa shape index (κ2) is 74.2. The summed E-state index contributed by atoms with van der Waals surface area (Å²) in [4.78, 5) is 73.2. The van der Waals surface area contributed by atoms with Gasteiger partial charge < -0.3 is 33.8 Å². The molecule has 612 valence electrons. The number of phosphoric acid groups is 2. The maximum absolute atomic E-state index is 13.1. The van der Waals surface area contributed by atoms with Gasteiger partial charge in [0.1, 0.15) is 19.3 Å². The molecule has 17 nitrogen and oxygen atoms in total. The first kappa shape index (κ1) is 101. The van der Waals surface area contributed by atoms with E-state index < -0.39 is 97.5 Å². The molecule has 0 aromatic carbocycles. The first-order chi connectivity index (χ1) is 49.8. The van der Waals surface area contributed by atoms with Crippen LogP contribution in [0.1, 0.15) is 440 Å². The standard InChI is InChI=1S/C84H164O17P2/c1-8-10-11-12-13-14-15-22-29-37-44-51-58-65-81(86)94-72-80(101-84(89)68-61-54-47-40-33-32-36-43-50-57-64-77(7)9-2)74-99-103(92,93)97-70-78(85)69-96-102(90,91)98-73-79(71-95-82(87)66-59-52-45-38-30-26-25-28-35-42-49-56-63-76(5)6)100-83(88)67-60-53-46-39-31-24-21-19-17-16-18-20-23-27-34-41-48-55-62-75(3)4/h75-80,85H,8-74H2,1-7H3,(H,90,91)(H,92,93)/t77?,78-,79-,80-/m1/s1. The molecule has 0 saturated heterocycles. The van der Waals surface area contributed by atoms with Crippen LogP contribution in [0.25, 0.3) is 0 Å². The van der Waals surface area contributed by atoms with E-state index in [0.29, 0.717) is 25.7 Å². The van der Waals surface area contributed by atoms with Gasteiger partial charge in [0.25, 0.3) is 0 Å². The van der Waals surface area contributed by atoms with Crippen LogP contribution in [0.2, 0.25) is 0 Å². The number of aliphatic hydroxyl groups excluding tert-OH is 1. The van der Waals surface area contributed by atoms with Crippen LogP contribution in [0.4, 0.5) is 0 Å². The zero-order chi connectivity index (χ0) is 75.8. The van der Waals surface area contributed by atoms with Gasteiger partial charge in [-0.25, -0.2) is 9.13 Å². The van der Waals surface area contributed by atoms with Crippen LogP contribution in [0.15, 0.2) is 0 Å². The summed E-state index contributed by atoms with van der Waals surface area (Å²) in [5.74, 6) is 0.300. The van der Waals surface area contributed by atoms with E-state index in [0.717, 1.165) is 108 Å². The third kappa shape index (κ3) is 76.6. The highest BCUT2D eigenvalue weighted by Crippen LogP contribution is 2.45. The van der Waals surface area contributed by atoms with Crippen LogP contribution >= 0.6 is 15.6 Å². The Bertz CT molecular complexity index is 1990. The number of unbranched alkanes of at least 4 members (excludes halogenated alkanes) is 49. The Morgan fingerprint density at radius 1 is 0.282 bits per heavy atom. The predicted molar refractivity (Wildman–Crippen MR) is 423 cm³/mol. The zero-order valence-corrected chi connectivity index (χ0v) is 69.6. The lowest BCUT2D eigenvalue weighted by Crippen LogP contribution is -2.30. The maximum atomic E-state index is 13.1. The fourth-order valence-corrected chi connectivity index (χ4v) is 14.6. The van der Waals surface area contributed by atoms with Crippen LogP contribution < -0.4 is 0 Å². The number of rotatable bonds is 82. The Morgan fingerprint density at radius 2 is 0.495 bits per heavy atom. The van der Waals surface area contributed by atoms with Crippen molar-refractivity contribution in [3.8, 4) is 0 Å². The van der Waals surface area contributed by atoms with Gasteiger partial charge in [0.2, 0.25) is 0 Å². The van der Waals surface area contributed by atoms with Crippen molar-refractivity contribution in [2.75, 3.05) is 39.6 Å². The summed E-state index contributed by atoms with van der Waals surface area (Å²) in [6.07, 6.45) is 63.7. The fraction of sp³-hybridized carbons (Fsp3) is 0.952. The normalized spacial score (nSPS) is 14.2. The highest BCUT2D eigenvalue weighted by atomic mass is 31.2. The predicted octanol–water partition coefficient (Wildman–Crippen LogP) is 25.3. The monoisotopic (exact) mass is 1510 g/mol. The molecule has 0 aliphatic carbocycles. The van der Waals surface area contributed by atoms with E-state index in [2.05, 4.69) is 48.5 Å². The van der Waals surface area contributed by atoms with Crippen LogP contribution in [-0.2, 0) is 65.4 Å². The Kier molecular flexibility index (Phi) is 72.8. The smallest absolute Gasteiger partial charge is 0.462 e. The van der Waals surface area contributed by atoms with E-state index in [9.17, 15) is 43.2 Å². The SMILES string of the molecule is CCCCCCCCCCCCCCCC(=O)OC[C@H](COP(=O)(O)OC[C@H](O)COP(=O)(O)OC[C@@H](COC(=O)CCCCCCCCCCCCCCC(C)C)OC(=O)CCCCCCCCCCCCCCCCCCCCC(C)C)OC(=O)CCCCCCCCCCCCC(C)CC. The topological polar surface area (TPSA) is 237 Å². The molecule has 0 heterocycles. The van der Waals surface area contributed by atoms with Gasteiger partial charge in [0.05, 0.1) is 26.4 Å². The molecule has 0 aliphatic rings. The number of hydrogen-bond acceptors (Lipinski definition) is 15. The fourth-order valence-electron chi connectivity index (χ4n) is 13.0. The number of phosphoric ester groups is 2. The van der Waals surface area contributed by atoms with Crippen molar-refractivity contribution in [1.29, 1.82) is 0 Å². The summed E-state index contributed by atoms with van der Waals surface area (Å²) in [6.45, 7) is 12.0. The van der Waals surface area contributed by atoms with Crippen molar-refractivity contribution >= 4 is 39.5 Å². The van der Waals surface area contributed by atoms with Gasteiger partial charge in [0, 0.05) is 25.7 Å². The molecule has 6 atom stereocenters. The molecule has 0 fully saturated rings. The van der Waals surface area contributed by atoms with Crippen LogP contribution in [0, 0.1) is 17.8 Å². The van der Waals surface area contributed by atoms with Crippen LogP contribution in [-0.4, -0.2) is 96.7 Å². The maximum Gasteiger partial charge on any atom is 0.472 e. The summed E-state index contributed by atoms with van der Waals surface area (Å²) in [5, 5.41) is 10.7. The van der Waals surface area contributed by atoms with Crippen LogP contribution in [0.3, 0.4) is 0 Å². The molecule has 19 heteroatoms. The van der Waals surface area contributed by atoms with Gasteiger partial charge in [-0.3, -0.25) is 37.3 Å². The van der Waals surface area contributed by atoms with Gasteiger partial charge in [-0.2, -0.15) is 0 Å². The molecule has 103 heavy (non-hydrogen) atoms. The Balaban J connectivity index is 5.25. The average Bonchev–Trinajstić information content (AvgIpc) is 0.966. The average molecular weight is 1510 g/mol. The van der Waals surface area contributed by atoms with E-state index in [1.54, 1.807) is 0 Å². The molecule has 0 rings (SSSR count). The van der Waals surface area contributed by atoms with Crippen molar-refractivity contribution in [2.24, 2.45) is 17.8 Å². The quantitative estimate of drug-likeness (QED) is 0.0222. The number of carbonyl (C=O) groups is 4. The molecular formula is C84H164O17P2. The number of ether oxygens (including phenoxy) is 4. The van der Waals surface area contributed by atoms with Crippen molar-refractivity contribution < 1.29 is 80.2 Å². The van der Waals surface area contributed by atoms with E-state index in [4.69, 9.17) is 37.0 Å². The Labute approximate surface area is 632 Å². The number of carbonyl (C=O) groups excluding carboxylic acids is 4. The van der Waals surface area contributed by atoms with Crippen molar-refractivity contribution in [2.45, 2.75) is 458 Å². The molecule has 0 amide bonds. The summed E-state index contributed by atoms with van der Waals surface area (Å²) >= 11 is 0. The molecule has 0 aromatic rings. The molecule has 0 aliphatic heterocycles. The number of aliphatic hydroxyl groups is 1. The van der Waals surface area contributed by atoms with Crippen molar-refractivity contribution in [3.05, 3.63) is 0 Å². The number of esters is 4. The zero-order valence-electron chi connectivity index (χ0n) is 67.8. The molecule has 3 unspecified atom stereocenters. The molecule has 0 spiro atoms. The molecule has 3 N–H and O–H groups in total. The summed E-state index contributed by atoms with van der Waals surface area (Å²) in [6, 6.07) is 0. The minimum Gasteiger partial charge on any atom is -0.462 e. The number of hydrogen-bond donors (Lipinski definition) is 3. The minimum absolute atomic E-state index is 0.107. The summed E-state index contributed by atoms with van der Waals surface area (Å²) in [5.41, 5.74) is 0. The van der Waals surface area contributed by atoms with E-state index >= 15 is 0 Å². The van der Waals surface area contributed by atoms with Gasteiger partial charge in [0.15, 0.2) is 12.2 Å². The summed E-state index contributed by atoms with van der Waals surface area (Å²) < 4.78 is 68.9. The molecule has 0 aromatic heterocycles. The second-order valence-corrected chi connectivity index (χ2v) is 34.3.